The van der Waals surface area contributed by atoms with Crippen molar-refractivity contribution in [2.75, 3.05) is 13.7 Å². The summed E-state index contributed by atoms with van der Waals surface area (Å²) < 4.78 is 33.0. The molecular weight excluding hydrogens is 390 g/mol. The van der Waals surface area contributed by atoms with Gasteiger partial charge in [-0.1, -0.05) is 30.3 Å². The van der Waals surface area contributed by atoms with Gasteiger partial charge in [-0.2, -0.15) is 0 Å². The van der Waals surface area contributed by atoms with Crippen LogP contribution in [0.25, 0.3) is 17.3 Å². The molecule has 7 nitrogen and oxygen atoms in total. The second-order valence-corrected chi connectivity index (χ2v) is 7.84. The van der Waals surface area contributed by atoms with Crippen molar-refractivity contribution in [3.05, 3.63) is 88.3 Å². The lowest BCUT2D eigenvalue weighted by atomic mass is 10.1. The van der Waals surface area contributed by atoms with Crippen LogP contribution in [-0.4, -0.2) is 31.6 Å². The van der Waals surface area contributed by atoms with E-state index in [1.165, 1.54) is 23.0 Å². The van der Waals surface area contributed by atoms with Gasteiger partial charge in [-0.3, -0.25) is 9.36 Å². The molecule has 0 aliphatic rings. The summed E-state index contributed by atoms with van der Waals surface area (Å²) in [7, 11) is -2.02. The summed E-state index contributed by atoms with van der Waals surface area (Å²) in [4.78, 5) is 16.6. The van der Waals surface area contributed by atoms with E-state index < -0.39 is 10.0 Å². The van der Waals surface area contributed by atoms with Gasteiger partial charge in [-0.25, -0.2) is 18.1 Å². The van der Waals surface area contributed by atoms with E-state index in [1.54, 1.807) is 19.2 Å². The van der Waals surface area contributed by atoms with Crippen LogP contribution in [0.5, 0.6) is 5.75 Å². The summed E-state index contributed by atoms with van der Waals surface area (Å²) in [5.41, 5.74) is 1.86. The monoisotopic (exact) mass is 411 g/mol. The number of hydrogen-bond donors (Lipinski definition) is 1. The molecule has 0 unspecified atom stereocenters. The molecule has 1 heterocycles. The van der Waals surface area contributed by atoms with Crippen LogP contribution in [-0.2, 0) is 16.6 Å². The van der Waals surface area contributed by atoms with Crippen molar-refractivity contribution < 1.29 is 13.2 Å². The highest BCUT2D eigenvalue weighted by atomic mass is 32.2. The van der Waals surface area contributed by atoms with Crippen molar-refractivity contribution in [1.29, 1.82) is 0 Å². The molecule has 0 aliphatic carbocycles. The molecule has 0 fully saturated rings. The van der Waals surface area contributed by atoms with Gasteiger partial charge in [0.25, 0.3) is 5.56 Å². The van der Waals surface area contributed by atoms with E-state index in [-0.39, 0.29) is 18.6 Å². The molecule has 8 heteroatoms. The zero-order valence-electron chi connectivity index (χ0n) is 15.9. The van der Waals surface area contributed by atoms with Crippen LogP contribution < -0.4 is 15.0 Å². The molecular formula is C21H21N3O4S. The number of nitrogens with one attached hydrogen (secondary N) is 1. The van der Waals surface area contributed by atoms with Gasteiger partial charge in [0.15, 0.2) is 0 Å². The van der Waals surface area contributed by atoms with E-state index >= 15 is 0 Å². The van der Waals surface area contributed by atoms with Crippen LogP contribution in [0.4, 0.5) is 0 Å². The number of ether oxygens (including phenoxy) is 1. The van der Waals surface area contributed by atoms with Crippen LogP contribution in [0.1, 0.15) is 5.56 Å². The first-order chi connectivity index (χ1) is 14.0. The van der Waals surface area contributed by atoms with Crippen molar-refractivity contribution in [2.24, 2.45) is 0 Å². The zero-order chi connectivity index (χ0) is 20.7. The minimum Gasteiger partial charge on any atom is -0.497 e. The molecule has 0 atom stereocenters. The van der Waals surface area contributed by atoms with Crippen LogP contribution in [0.2, 0.25) is 0 Å². The predicted molar refractivity (Wildman–Crippen MR) is 113 cm³/mol. The second kappa shape index (κ2) is 9.31. The minimum atomic E-state index is -3.60. The van der Waals surface area contributed by atoms with Gasteiger partial charge >= 0.3 is 0 Å². The van der Waals surface area contributed by atoms with Crippen LogP contribution in [0.3, 0.4) is 0 Å². The quantitative estimate of drug-likeness (QED) is 0.615. The van der Waals surface area contributed by atoms with E-state index in [9.17, 15) is 13.2 Å². The number of hydrogen-bond acceptors (Lipinski definition) is 5. The van der Waals surface area contributed by atoms with Crippen LogP contribution in [0.15, 0.2) is 77.2 Å². The Morgan fingerprint density at radius 1 is 1.10 bits per heavy atom. The Labute approximate surface area is 169 Å². The van der Waals surface area contributed by atoms with Gasteiger partial charge in [0.05, 0.1) is 19.1 Å². The molecule has 3 rings (SSSR count). The molecule has 3 aromatic rings. The number of nitrogens with zero attached hydrogens (tertiary/aromatic N) is 2. The van der Waals surface area contributed by atoms with Crippen molar-refractivity contribution in [1.82, 2.24) is 14.3 Å². The molecule has 0 amide bonds. The Morgan fingerprint density at radius 2 is 1.83 bits per heavy atom. The van der Waals surface area contributed by atoms with Gasteiger partial charge in [0, 0.05) is 30.1 Å². The standard InChI is InChI=1S/C21H21N3O4S/c1-28-19-9-7-18(8-10-19)20-15-21(25)24(16-22-20)13-12-23-29(26,27)14-11-17-5-3-2-4-6-17/h2-11,14-16,23H,12-13H2,1H3. The number of sulfonamides is 1. The normalized spacial score (nSPS) is 11.6. The number of rotatable bonds is 8. The molecule has 0 radical (unpaired) electrons. The first kappa shape index (κ1) is 20.5. The minimum absolute atomic E-state index is 0.0743. The maximum absolute atomic E-state index is 12.3. The highest BCUT2D eigenvalue weighted by Gasteiger charge is 2.07. The van der Waals surface area contributed by atoms with Crippen LogP contribution in [0, 0.1) is 0 Å². The van der Waals surface area contributed by atoms with E-state index in [0.29, 0.717) is 5.69 Å². The Kier molecular flexibility index (Phi) is 6.58. The third-order valence-corrected chi connectivity index (χ3v) is 5.26. The van der Waals surface area contributed by atoms with E-state index in [0.717, 1.165) is 22.3 Å². The molecule has 2 aromatic carbocycles. The topological polar surface area (TPSA) is 90.3 Å². The number of aromatic nitrogens is 2. The molecule has 150 valence electrons. The van der Waals surface area contributed by atoms with Gasteiger partial charge in [-0.15, -0.1) is 0 Å². The average molecular weight is 411 g/mol. The van der Waals surface area contributed by atoms with Crippen molar-refractivity contribution in [3.63, 3.8) is 0 Å². The summed E-state index contributed by atoms with van der Waals surface area (Å²) in [5, 5.41) is 1.11. The summed E-state index contributed by atoms with van der Waals surface area (Å²) in [5.74, 6) is 0.718. The molecule has 1 aromatic heterocycles. The Morgan fingerprint density at radius 3 is 2.48 bits per heavy atom. The summed E-state index contributed by atoms with van der Waals surface area (Å²) in [6.07, 6.45) is 2.93. The smallest absolute Gasteiger partial charge is 0.253 e. The third-order valence-electron chi connectivity index (χ3n) is 4.16. The lowest BCUT2D eigenvalue weighted by Gasteiger charge is -2.08. The van der Waals surface area contributed by atoms with Crippen molar-refractivity contribution in [2.45, 2.75) is 6.54 Å². The number of methoxy groups -OCH3 is 1. The Bertz CT molecular complexity index is 1140. The van der Waals surface area contributed by atoms with E-state index in [2.05, 4.69) is 9.71 Å². The average Bonchev–Trinajstić information content (AvgIpc) is 2.74. The van der Waals surface area contributed by atoms with Gasteiger partial charge < -0.3 is 4.74 Å². The lowest BCUT2D eigenvalue weighted by molar-refractivity contribution is 0.415. The summed E-state index contributed by atoms with van der Waals surface area (Å²) in [6, 6.07) is 17.8. The van der Waals surface area contributed by atoms with Crippen molar-refractivity contribution >= 4 is 16.1 Å². The first-order valence-corrected chi connectivity index (χ1v) is 10.5. The molecule has 0 bridgehead atoms. The molecule has 0 spiro atoms. The fourth-order valence-electron chi connectivity index (χ4n) is 2.60. The van der Waals surface area contributed by atoms with E-state index in [4.69, 9.17) is 4.74 Å². The SMILES string of the molecule is COc1ccc(-c2cc(=O)n(CCNS(=O)(=O)C=Cc3ccccc3)cn2)cc1. The van der Waals surface area contributed by atoms with Gasteiger partial charge in [-0.05, 0) is 35.9 Å². The highest BCUT2D eigenvalue weighted by Crippen LogP contribution is 2.19. The summed E-state index contributed by atoms with van der Waals surface area (Å²) >= 11 is 0. The largest absolute Gasteiger partial charge is 0.497 e. The molecule has 29 heavy (non-hydrogen) atoms. The predicted octanol–water partition coefficient (Wildman–Crippen LogP) is 2.51. The Hall–Kier alpha value is -3.23. The zero-order valence-corrected chi connectivity index (χ0v) is 16.7. The second-order valence-electron chi connectivity index (χ2n) is 6.19. The lowest BCUT2D eigenvalue weighted by Crippen LogP contribution is -2.29. The Balaban J connectivity index is 1.60. The highest BCUT2D eigenvalue weighted by molar-refractivity contribution is 7.92. The number of benzene rings is 2. The maximum atomic E-state index is 12.3. The maximum Gasteiger partial charge on any atom is 0.253 e. The fourth-order valence-corrected chi connectivity index (χ4v) is 3.41. The van der Waals surface area contributed by atoms with Crippen LogP contribution >= 0.6 is 0 Å². The molecule has 0 aliphatic heterocycles. The third kappa shape index (κ3) is 5.87. The fraction of sp³-hybridized carbons (Fsp3) is 0.143. The van der Waals surface area contributed by atoms with E-state index in [1.807, 2.05) is 42.5 Å². The van der Waals surface area contributed by atoms with Crippen molar-refractivity contribution in [3.8, 4) is 17.0 Å². The summed E-state index contributed by atoms with van der Waals surface area (Å²) in [6.45, 7) is 0.248. The van der Waals surface area contributed by atoms with Gasteiger partial charge in [0.1, 0.15) is 5.75 Å². The molecule has 0 saturated heterocycles. The van der Waals surface area contributed by atoms with Gasteiger partial charge in [0.2, 0.25) is 10.0 Å². The first-order valence-electron chi connectivity index (χ1n) is 8.90. The molecule has 0 saturated carbocycles. The molecule has 1 N–H and O–H groups in total.